The number of nitrogens with zero attached hydrogens (tertiary/aromatic N) is 2. The first-order valence-corrected chi connectivity index (χ1v) is 10.4. The summed E-state index contributed by atoms with van der Waals surface area (Å²) in [5.41, 5.74) is 8.32. The van der Waals surface area contributed by atoms with Gasteiger partial charge in [-0.25, -0.2) is 0 Å². The Kier molecular flexibility index (Phi) is 3.97. The van der Waals surface area contributed by atoms with Gasteiger partial charge in [0.15, 0.2) is 0 Å². The summed E-state index contributed by atoms with van der Waals surface area (Å²) in [7, 11) is 2.27. The van der Waals surface area contributed by atoms with Crippen LogP contribution in [-0.4, -0.2) is 13.2 Å². The van der Waals surface area contributed by atoms with E-state index in [4.69, 9.17) is 0 Å². The highest BCUT2D eigenvalue weighted by molar-refractivity contribution is 5.87. The topological polar surface area (TPSA) is 6.48 Å². The van der Waals surface area contributed by atoms with E-state index in [-0.39, 0.29) is 5.41 Å². The van der Waals surface area contributed by atoms with Crippen LogP contribution in [-0.2, 0) is 6.42 Å². The lowest BCUT2D eigenvalue weighted by Gasteiger charge is -2.49. The number of benzene rings is 3. The number of fused-ring (bicyclic) bond motifs is 5. The van der Waals surface area contributed by atoms with Crippen molar-refractivity contribution < 1.29 is 0 Å². The van der Waals surface area contributed by atoms with E-state index in [9.17, 15) is 0 Å². The normalized spacial score (nSPS) is 22.6. The molecule has 0 N–H and O–H groups in total. The van der Waals surface area contributed by atoms with Gasteiger partial charge in [0.1, 0.15) is 6.17 Å². The molecule has 0 aliphatic carbocycles. The lowest BCUT2D eigenvalue weighted by atomic mass is 9.73. The van der Waals surface area contributed by atoms with Crippen molar-refractivity contribution in [1.82, 2.24) is 0 Å². The van der Waals surface area contributed by atoms with Gasteiger partial charge in [0.2, 0.25) is 0 Å². The first-order valence-electron chi connectivity index (χ1n) is 10.4. The Labute approximate surface area is 168 Å². The zero-order chi connectivity index (χ0) is 19.3. The third-order valence-electron chi connectivity index (χ3n) is 6.62. The van der Waals surface area contributed by atoms with Crippen molar-refractivity contribution >= 4 is 17.1 Å². The second kappa shape index (κ2) is 6.41. The summed E-state index contributed by atoms with van der Waals surface area (Å²) >= 11 is 0. The van der Waals surface area contributed by atoms with Gasteiger partial charge in [-0.05, 0) is 47.7 Å². The van der Waals surface area contributed by atoms with Gasteiger partial charge in [-0.1, -0.05) is 74.9 Å². The second-order valence-electron chi connectivity index (χ2n) is 8.63. The number of hydrogen-bond acceptors (Lipinski definition) is 2. The quantitative estimate of drug-likeness (QED) is 0.512. The molecule has 0 fully saturated rings. The van der Waals surface area contributed by atoms with Crippen LogP contribution in [0.1, 0.15) is 32.3 Å². The van der Waals surface area contributed by atoms with Crippen LogP contribution < -0.4 is 9.80 Å². The van der Waals surface area contributed by atoms with Gasteiger partial charge in [-0.2, -0.15) is 0 Å². The van der Waals surface area contributed by atoms with Gasteiger partial charge in [0.25, 0.3) is 0 Å². The molecular formula is C26H28N2. The van der Waals surface area contributed by atoms with Crippen molar-refractivity contribution in [2.24, 2.45) is 5.41 Å². The summed E-state index contributed by atoms with van der Waals surface area (Å²) in [6, 6.07) is 26.7. The minimum Gasteiger partial charge on any atom is -0.352 e. The van der Waals surface area contributed by atoms with E-state index in [2.05, 4.69) is 103 Å². The highest BCUT2D eigenvalue weighted by Crippen LogP contribution is 2.55. The van der Waals surface area contributed by atoms with Crippen LogP contribution in [0.15, 0.2) is 72.8 Å². The predicted molar refractivity (Wildman–Crippen MR) is 119 cm³/mol. The summed E-state index contributed by atoms with van der Waals surface area (Å²) in [6.45, 7) is 4.79. The van der Waals surface area contributed by atoms with Crippen LogP contribution in [0, 0.1) is 5.41 Å². The van der Waals surface area contributed by atoms with Crippen LogP contribution >= 0.6 is 0 Å². The molecule has 2 aliphatic heterocycles. The molecule has 0 spiro atoms. The maximum atomic E-state index is 2.61. The molecule has 0 saturated heterocycles. The summed E-state index contributed by atoms with van der Waals surface area (Å²) in [4.78, 5) is 5.11. The third-order valence-corrected chi connectivity index (χ3v) is 6.62. The second-order valence-corrected chi connectivity index (χ2v) is 8.63. The Morgan fingerprint density at radius 3 is 2.32 bits per heavy atom. The summed E-state index contributed by atoms with van der Waals surface area (Å²) in [6.07, 6.45) is 3.93. The average Bonchev–Trinajstić information content (AvgIpc) is 3.03. The monoisotopic (exact) mass is 368 g/mol. The lowest BCUT2D eigenvalue weighted by molar-refractivity contribution is 0.220. The fraction of sp³-hybridized carbons (Fsp3) is 0.308. The minimum absolute atomic E-state index is 0.226. The van der Waals surface area contributed by atoms with Gasteiger partial charge in [-0.15, -0.1) is 0 Å². The summed E-state index contributed by atoms with van der Waals surface area (Å²) < 4.78 is 0. The Morgan fingerprint density at radius 1 is 0.857 bits per heavy atom. The van der Waals surface area contributed by atoms with Gasteiger partial charge in [0, 0.05) is 18.2 Å². The van der Waals surface area contributed by atoms with Crippen molar-refractivity contribution in [1.29, 1.82) is 0 Å². The highest BCUT2D eigenvalue weighted by atomic mass is 15.4. The molecule has 0 aromatic heterocycles. The zero-order valence-electron chi connectivity index (χ0n) is 17.0. The van der Waals surface area contributed by atoms with Crippen LogP contribution in [0.5, 0.6) is 0 Å². The first-order chi connectivity index (χ1) is 13.6. The molecule has 2 atom stereocenters. The highest BCUT2D eigenvalue weighted by Gasteiger charge is 2.49. The maximum Gasteiger partial charge on any atom is 0.112 e. The molecule has 2 heterocycles. The van der Waals surface area contributed by atoms with E-state index in [1.54, 1.807) is 0 Å². The number of anilines is 3. The predicted octanol–water partition coefficient (Wildman–Crippen LogP) is 6.63. The molecule has 1 unspecified atom stereocenters. The Balaban J connectivity index is 1.71. The van der Waals surface area contributed by atoms with E-state index >= 15 is 0 Å². The van der Waals surface area contributed by atoms with Gasteiger partial charge in [-0.3, -0.25) is 0 Å². The molecule has 2 aliphatic rings. The maximum absolute atomic E-state index is 2.61. The fourth-order valence-corrected chi connectivity index (χ4v) is 5.51. The largest absolute Gasteiger partial charge is 0.352 e. The molecule has 0 amide bonds. The molecule has 2 heteroatoms. The molecular weight excluding hydrogens is 340 g/mol. The van der Waals surface area contributed by atoms with Crippen LogP contribution in [0.2, 0.25) is 0 Å². The first kappa shape index (κ1) is 17.4. The van der Waals surface area contributed by atoms with E-state index in [0.29, 0.717) is 6.17 Å². The Morgan fingerprint density at radius 2 is 1.57 bits per heavy atom. The fourth-order valence-electron chi connectivity index (χ4n) is 5.51. The summed E-state index contributed by atoms with van der Waals surface area (Å²) in [5.74, 6) is 0. The van der Waals surface area contributed by atoms with E-state index in [1.165, 1.54) is 46.6 Å². The molecule has 142 valence electrons. The zero-order valence-corrected chi connectivity index (χ0v) is 17.0. The molecule has 5 rings (SSSR count). The average molecular weight is 369 g/mol. The molecule has 3 aromatic carbocycles. The van der Waals surface area contributed by atoms with Gasteiger partial charge in [0.05, 0.1) is 11.4 Å². The van der Waals surface area contributed by atoms with Crippen molar-refractivity contribution in [3.63, 3.8) is 0 Å². The standard InChI is InChI=1S/C26H28N2/c1-4-16-26(2)18-21-15-14-20(19-10-6-5-7-11-19)17-24(21)28-23-13-9-8-12-22(23)27(3)25(26)28/h5-15,17,25H,4,16,18H2,1-3H3/t25?,26-/m0/s1. The van der Waals surface area contributed by atoms with Crippen LogP contribution in [0.25, 0.3) is 11.1 Å². The molecule has 3 aromatic rings. The van der Waals surface area contributed by atoms with Gasteiger partial charge < -0.3 is 9.80 Å². The van der Waals surface area contributed by atoms with E-state index in [0.717, 1.165) is 6.42 Å². The van der Waals surface area contributed by atoms with Crippen molar-refractivity contribution in [2.45, 2.75) is 39.3 Å². The number of para-hydroxylation sites is 2. The van der Waals surface area contributed by atoms with Crippen molar-refractivity contribution in [3.05, 3.63) is 78.4 Å². The Bertz CT molecular complexity index is 1010. The number of rotatable bonds is 3. The van der Waals surface area contributed by atoms with Crippen molar-refractivity contribution in [2.75, 3.05) is 16.8 Å². The molecule has 2 nitrogen and oxygen atoms in total. The van der Waals surface area contributed by atoms with E-state index in [1.807, 2.05) is 0 Å². The SMILES string of the molecule is CCC[C@@]1(C)Cc2ccc(-c3ccccc3)cc2N2c3ccccc3N(C)C21. The van der Waals surface area contributed by atoms with E-state index < -0.39 is 0 Å². The smallest absolute Gasteiger partial charge is 0.112 e. The minimum atomic E-state index is 0.226. The number of hydrogen-bond donors (Lipinski definition) is 0. The third kappa shape index (κ3) is 2.47. The lowest BCUT2D eigenvalue weighted by Crippen LogP contribution is -2.54. The van der Waals surface area contributed by atoms with Crippen molar-refractivity contribution in [3.8, 4) is 11.1 Å². The molecule has 0 saturated carbocycles. The Hall–Kier alpha value is -2.74. The molecule has 0 bridgehead atoms. The molecule has 28 heavy (non-hydrogen) atoms. The van der Waals surface area contributed by atoms with Crippen LogP contribution in [0.4, 0.5) is 17.1 Å². The van der Waals surface area contributed by atoms with Gasteiger partial charge >= 0.3 is 0 Å². The summed E-state index contributed by atoms with van der Waals surface area (Å²) in [5, 5.41) is 0. The van der Waals surface area contributed by atoms with Crippen LogP contribution in [0.3, 0.4) is 0 Å². The molecule has 0 radical (unpaired) electrons.